The van der Waals surface area contributed by atoms with Gasteiger partial charge in [-0.15, -0.1) is 0 Å². The van der Waals surface area contributed by atoms with E-state index in [2.05, 4.69) is 22.0 Å². The van der Waals surface area contributed by atoms with Gasteiger partial charge in [0.05, 0.1) is 6.07 Å². The summed E-state index contributed by atoms with van der Waals surface area (Å²) in [6.07, 6.45) is 8.43. The fourth-order valence-electron chi connectivity index (χ4n) is 1.58. The lowest BCUT2D eigenvalue weighted by atomic mass is 9.92. The van der Waals surface area contributed by atoms with Crippen LogP contribution in [0.1, 0.15) is 44.9 Å². The highest BCUT2D eigenvalue weighted by Gasteiger charge is 2.25. The van der Waals surface area contributed by atoms with Crippen molar-refractivity contribution in [2.75, 3.05) is 0 Å². The average molecular weight is 216 g/mol. The lowest BCUT2D eigenvalue weighted by Gasteiger charge is -2.21. The first-order chi connectivity index (χ1) is 5.27. The molecule has 1 saturated carbocycles. The second-order valence-corrected chi connectivity index (χ2v) is 4.86. The van der Waals surface area contributed by atoms with Crippen LogP contribution < -0.4 is 0 Å². The van der Waals surface area contributed by atoms with Gasteiger partial charge in [0.25, 0.3) is 0 Å². The quantitative estimate of drug-likeness (QED) is 0.569. The summed E-state index contributed by atoms with van der Waals surface area (Å²) in [7, 11) is 0. The van der Waals surface area contributed by atoms with Gasteiger partial charge in [0.1, 0.15) is 4.32 Å². The van der Waals surface area contributed by atoms with E-state index in [1.165, 1.54) is 32.1 Å². The predicted octanol–water partition coefficient (Wildman–Crippen LogP) is 3.39. The topological polar surface area (TPSA) is 23.8 Å². The van der Waals surface area contributed by atoms with Gasteiger partial charge in [-0.3, -0.25) is 0 Å². The van der Waals surface area contributed by atoms with Gasteiger partial charge in [-0.05, 0) is 12.8 Å². The molecule has 1 fully saturated rings. The first-order valence-corrected chi connectivity index (χ1v) is 5.16. The van der Waals surface area contributed by atoms with Crippen molar-refractivity contribution in [3.05, 3.63) is 0 Å². The van der Waals surface area contributed by atoms with E-state index in [1.54, 1.807) is 0 Å². The van der Waals surface area contributed by atoms with Crippen LogP contribution in [0.2, 0.25) is 0 Å². The SMILES string of the molecule is N#CC1(Br)CCCCCCC1. The molecular formula is C9H14BrN. The summed E-state index contributed by atoms with van der Waals surface area (Å²) < 4.78 is -0.187. The van der Waals surface area contributed by atoms with Crippen molar-refractivity contribution in [1.82, 2.24) is 0 Å². The summed E-state index contributed by atoms with van der Waals surface area (Å²) >= 11 is 3.52. The predicted molar refractivity (Wildman–Crippen MR) is 49.6 cm³/mol. The molecule has 0 radical (unpaired) electrons. The number of alkyl halides is 1. The van der Waals surface area contributed by atoms with Crippen LogP contribution in [0.3, 0.4) is 0 Å². The molecule has 0 amide bonds. The van der Waals surface area contributed by atoms with Crippen LogP contribution in [0, 0.1) is 11.3 Å². The van der Waals surface area contributed by atoms with Crippen LogP contribution in [0.4, 0.5) is 0 Å². The third-order valence-corrected chi connectivity index (χ3v) is 3.32. The minimum atomic E-state index is -0.187. The maximum absolute atomic E-state index is 8.87. The van der Waals surface area contributed by atoms with E-state index in [1.807, 2.05) is 0 Å². The third-order valence-electron chi connectivity index (χ3n) is 2.35. The molecule has 0 aromatic heterocycles. The summed E-state index contributed by atoms with van der Waals surface area (Å²) in [6.45, 7) is 0. The minimum absolute atomic E-state index is 0.187. The van der Waals surface area contributed by atoms with Gasteiger partial charge in [0, 0.05) is 0 Å². The van der Waals surface area contributed by atoms with Gasteiger partial charge >= 0.3 is 0 Å². The highest BCUT2D eigenvalue weighted by atomic mass is 79.9. The second kappa shape index (κ2) is 4.11. The first-order valence-electron chi connectivity index (χ1n) is 4.37. The van der Waals surface area contributed by atoms with Gasteiger partial charge in [0.15, 0.2) is 0 Å². The number of rotatable bonds is 0. The highest BCUT2D eigenvalue weighted by Crippen LogP contribution is 2.32. The molecule has 0 N–H and O–H groups in total. The molecule has 0 aliphatic heterocycles. The van der Waals surface area contributed by atoms with Crippen molar-refractivity contribution < 1.29 is 0 Å². The molecule has 0 heterocycles. The lowest BCUT2D eigenvalue weighted by molar-refractivity contribution is 0.474. The number of hydrogen-bond acceptors (Lipinski definition) is 1. The molecule has 1 nitrogen and oxygen atoms in total. The molecular weight excluding hydrogens is 202 g/mol. The molecule has 2 heteroatoms. The molecule has 0 aromatic carbocycles. The van der Waals surface area contributed by atoms with Crippen LogP contribution >= 0.6 is 15.9 Å². The van der Waals surface area contributed by atoms with Crippen LogP contribution in [-0.2, 0) is 0 Å². The Morgan fingerprint density at radius 1 is 1.00 bits per heavy atom. The first kappa shape index (κ1) is 9.06. The Morgan fingerprint density at radius 3 is 1.91 bits per heavy atom. The average Bonchev–Trinajstić information content (AvgIpc) is 1.98. The molecule has 1 rings (SSSR count). The van der Waals surface area contributed by atoms with E-state index >= 15 is 0 Å². The molecule has 1 aliphatic carbocycles. The van der Waals surface area contributed by atoms with Crippen molar-refractivity contribution in [3.63, 3.8) is 0 Å². The third kappa shape index (κ3) is 2.83. The van der Waals surface area contributed by atoms with Crippen molar-refractivity contribution in [3.8, 4) is 6.07 Å². The lowest BCUT2D eigenvalue weighted by Crippen LogP contribution is -2.18. The molecule has 1 aliphatic rings. The van der Waals surface area contributed by atoms with Gasteiger partial charge in [-0.25, -0.2) is 0 Å². The Labute approximate surface area is 76.9 Å². The van der Waals surface area contributed by atoms with E-state index in [0.717, 1.165) is 12.8 Å². The molecule has 0 unspecified atom stereocenters. The molecule has 0 spiro atoms. The van der Waals surface area contributed by atoms with Crippen molar-refractivity contribution in [1.29, 1.82) is 5.26 Å². The zero-order valence-corrected chi connectivity index (χ0v) is 8.36. The van der Waals surface area contributed by atoms with Gasteiger partial charge in [0.2, 0.25) is 0 Å². The largest absolute Gasteiger partial charge is 0.197 e. The van der Waals surface area contributed by atoms with E-state index in [4.69, 9.17) is 5.26 Å². The highest BCUT2D eigenvalue weighted by molar-refractivity contribution is 9.10. The number of nitriles is 1. The molecule has 0 saturated heterocycles. The monoisotopic (exact) mass is 215 g/mol. The summed E-state index contributed by atoms with van der Waals surface area (Å²) in [5.74, 6) is 0. The second-order valence-electron chi connectivity index (χ2n) is 3.34. The van der Waals surface area contributed by atoms with Crippen LogP contribution in [-0.4, -0.2) is 4.32 Å². The van der Waals surface area contributed by atoms with E-state index in [-0.39, 0.29) is 4.32 Å². The molecule has 0 aromatic rings. The number of nitrogens with zero attached hydrogens (tertiary/aromatic N) is 1. The molecule has 11 heavy (non-hydrogen) atoms. The van der Waals surface area contributed by atoms with E-state index < -0.39 is 0 Å². The Kier molecular flexibility index (Phi) is 3.39. The summed E-state index contributed by atoms with van der Waals surface area (Å²) in [4.78, 5) is 0. The maximum atomic E-state index is 8.87. The summed E-state index contributed by atoms with van der Waals surface area (Å²) in [5, 5.41) is 8.87. The molecule has 62 valence electrons. The fraction of sp³-hybridized carbons (Fsp3) is 0.889. The summed E-state index contributed by atoms with van der Waals surface area (Å²) in [6, 6.07) is 2.36. The smallest absolute Gasteiger partial charge is 0.112 e. The molecule has 0 bridgehead atoms. The van der Waals surface area contributed by atoms with E-state index in [0.29, 0.717) is 0 Å². The zero-order valence-electron chi connectivity index (χ0n) is 6.77. The maximum Gasteiger partial charge on any atom is 0.112 e. The van der Waals surface area contributed by atoms with Gasteiger partial charge in [-0.2, -0.15) is 5.26 Å². The Balaban J connectivity index is 2.45. The Morgan fingerprint density at radius 2 is 1.45 bits per heavy atom. The van der Waals surface area contributed by atoms with Crippen LogP contribution in [0.25, 0.3) is 0 Å². The van der Waals surface area contributed by atoms with Crippen LogP contribution in [0.15, 0.2) is 0 Å². The Hall–Kier alpha value is -0.0300. The summed E-state index contributed by atoms with van der Waals surface area (Å²) in [5.41, 5.74) is 0. The van der Waals surface area contributed by atoms with Crippen molar-refractivity contribution in [2.24, 2.45) is 0 Å². The zero-order chi connectivity index (χ0) is 8.16. The normalized spacial score (nSPS) is 24.7. The fourth-order valence-corrected chi connectivity index (χ4v) is 2.14. The van der Waals surface area contributed by atoms with Gasteiger partial charge in [-0.1, -0.05) is 48.0 Å². The number of hydrogen-bond donors (Lipinski definition) is 0. The van der Waals surface area contributed by atoms with Gasteiger partial charge < -0.3 is 0 Å². The standard InChI is InChI=1S/C9H14BrN/c10-9(8-11)6-4-2-1-3-5-7-9/h1-7H2. The minimum Gasteiger partial charge on any atom is -0.197 e. The van der Waals surface area contributed by atoms with Crippen LogP contribution in [0.5, 0.6) is 0 Å². The van der Waals surface area contributed by atoms with E-state index in [9.17, 15) is 0 Å². The Bertz CT molecular complexity index is 151. The van der Waals surface area contributed by atoms with Crippen molar-refractivity contribution >= 4 is 15.9 Å². The number of halogens is 1. The molecule has 0 atom stereocenters. The van der Waals surface area contributed by atoms with Crippen molar-refractivity contribution in [2.45, 2.75) is 49.3 Å².